The van der Waals surface area contributed by atoms with E-state index in [2.05, 4.69) is 4.98 Å². The quantitative estimate of drug-likeness (QED) is 0.223. The van der Waals surface area contributed by atoms with Gasteiger partial charge in [-0.05, 0) is 62.7 Å². The number of amides is 1. The van der Waals surface area contributed by atoms with Gasteiger partial charge in [0.05, 0.1) is 25.5 Å². The Bertz CT molecular complexity index is 1400. The zero-order chi connectivity index (χ0) is 27.8. The van der Waals surface area contributed by atoms with Crippen LogP contribution in [0.1, 0.15) is 35.5 Å². The third kappa shape index (κ3) is 7.25. The van der Waals surface area contributed by atoms with Crippen LogP contribution in [-0.4, -0.2) is 42.2 Å². The summed E-state index contributed by atoms with van der Waals surface area (Å²) in [6.45, 7) is 5.79. The second kappa shape index (κ2) is 12.8. The van der Waals surface area contributed by atoms with Gasteiger partial charge in [-0.15, -0.1) is 0 Å². The molecule has 3 aromatic carbocycles. The summed E-state index contributed by atoms with van der Waals surface area (Å²) in [5.41, 5.74) is 3.58. The molecule has 0 fully saturated rings. The minimum Gasteiger partial charge on any atom is -0.493 e. The van der Waals surface area contributed by atoms with Gasteiger partial charge in [0.25, 0.3) is 0 Å². The smallest absolute Gasteiger partial charge is 0.416 e. The number of carbonyl (C=O) groups excluding carboxylic acids is 2. The number of aryl methyl sites for hydroxylation is 2. The van der Waals surface area contributed by atoms with Crippen LogP contribution in [0, 0.1) is 13.8 Å². The monoisotopic (exact) mass is 528 g/mol. The van der Waals surface area contributed by atoms with Gasteiger partial charge in [0.1, 0.15) is 23.8 Å². The van der Waals surface area contributed by atoms with Crippen molar-refractivity contribution in [3.8, 4) is 23.0 Å². The number of esters is 1. The van der Waals surface area contributed by atoms with Crippen molar-refractivity contribution >= 4 is 12.1 Å². The van der Waals surface area contributed by atoms with Gasteiger partial charge in [-0.2, -0.15) is 0 Å². The fourth-order valence-corrected chi connectivity index (χ4v) is 4.00. The van der Waals surface area contributed by atoms with Gasteiger partial charge in [-0.1, -0.05) is 48.0 Å². The number of nitrogens with zero attached hydrogens (tertiary/aromatic N) is 2. The van der Waals surface area contributed by atoms with E-state index in [1.807, 2.05) is 87.5 Å². The van der Waals surface area contributed by atoms with Gasteiger partial charge in [-0.3, -0.25) is 9.69 Å². The molecule has 8 nitrogen and oxygen atoms in total. The Balaban J connectivity index is 1.42. The van der Waals surface area contributed by atoms with Crippen molar-refractivity contribution in [1.82, 2.24) is 9.88 Å². The van der Waals surface area contributed by atoms with E-state index in [0.29, 0.717) is 30.4 Å². The molecular weight excluding hydrogens is 496 g/mol. The van der Waals surface area contributed by atoms with Crippen molar-refractivity contribution in [1.29, 1.82) is 0 Å². The van der Waals surface area contributed by atoms with Crippen LogP contribution in [0.3, 0.4) is 0 Å². The first kappa shape index (κ1) is 27.4. The number of oxazole rings is 1. The Morgan fingerprint density at radius 1 is 0.949 bits per heavy atom. The maximum atomic E-state index is 13.1. The molecule has 1 aromatic heterocycles. The van der Waals surface area contributed by atoms with Crippen molar-refractivity contribution in [2.75, 3.05) is 20.3 Å². The summed E-state index contributed by atoms with van der Waals surface area (Å²) >= 11 is 0. The highest BCUT2D eigenvalue weighted by molar-refractivity contribution is 5.79. The van der Waals surface area contributed by atoms with E-state index < -0.39 is 18.1 Å². The fraction of sp³-hybridized carbons (Fsp3) is 0.258. The predicted octanol–water partition coefficient (Wildman–Crippen LogP) is 6.31. The second-order valence-corrected chi connectivity index (χ2v) is 9.12. The Kier molecular flexibility index (Phi) is 8.99. The molecule has 0 N–H and O–H groups in total. The van der Waals surface area contributed by atoms with Gasteiger partial charge in [0, 0.05) is 12.0 Å². The molecule has 4 rings (SSSR count). The van der Waals surface area contributed by atoms with Crippen molar-refractivity contribution < 1.29 is 28.2 Å². The van der Waals surface area contributed by atoms with Crippen LogP contribution in [0.15, 0.2) is 83.3 Å². The van der Waals surface area contributed by atoms with E-state index in [4.69, 9.17) is 18.6 Å². The van der Waals surface area contributed by atoms with Crippen LogP contribution in [0.4, 0.5) is 4.79 Å². The molecule has 0 aliphatic carbocycles. The van der Waals surface area contributed by atoms with Crippen molar-refractivity contribution in [3.05, 3.63) is 101 Å². The van der Waals surface area contributed by atoms with Gasteiger partial charge in [-0.25, -0.2) is 9.78 Å². The summed E-state index contributed by atoms with van der Waals surface area (Å²) in [4.78, 5) is 31.1. The third-order valence-electron chi connectivity index (χ3n) is 6.32. The summed E-state index contributed by atoms with van der Waals surface area (Å²) in [6, 6.07) is 23.8. The molecule has 39 heavy (non-hydrogen) atoms. The molecule has 8 heteroatoms. The second-order valence-electron chi connectivity index (χ2n) is 9.12. The largest absolute Gasteiger partial charge is 0.493 e. The molecule has 0 bridgehead atoms. The zero-order valence-corrected chi connectivity index (χ0v) is 22.5. The zero-order valence-electron chi connectivity index (χ0n) is 22.5. The molecule has 4 aromatic rings. The number of ether oxygens (including phenoxy) is 3. The van der Waals surface area contributed by atoms with E-state index in [1.54, 1.807) is 12.1 Å². The molecule has 0 saturated heterocycles. The lowest BCUT2D eigenvalue weighted by molar-refractivity contribution is -0.141. The first-order valence-electron chi connectivity index (χ1n) is 12.7. The Labute approximate surface area is 228 Å². The van der Waals surface area contributed by atoms with Gasteiger partial charge in [0.2, 0.25) is 5.89 Å². The molecule has 0 aliphatic rings. The average Bonchev–Trinajstić information content (AvgIpc) is 3.33. The number of benzene rings is 3. The Morgan fingerprint density at radius 2 is 1.69 bits per heavy atom. The lowest BCUT2D eigenvalue weighted by atomic mass is 10.1. The summed E-state index contributed by atoms with van der Waals surface area (Å²) in [7, 11) is 1.28. The van der Waals surface area contributed by atoms with Crippen LogP contribution in [-0.2, 0) is 16.0 Å². The Morgan fingerprint density at radius 3 is 2.41 bits per heavy atom. The standard InChI is InChI=1S/C31H32N2O6/c1-21-13-15-26(16-14-21)39-31(35)33(20-29(34)36-4)22(2)25-11-8-12-27(19-25)37-18-17-28-23(3)38-30(32-28)24-9-6-5-7-10-24/h5-16,19,22H,17-18,20H2,1-4H3. The minimum absolute atomic E-state index is 0.261. The van der Waals surface area contributed by atoms with Crippen LogP contribution >= 0.6 is 0 Å². The summed E-state index contributed by atoms with van der Waals surface area (Å²) in [5.74, 6) is 1.82. The van der Waals surface area contributed by atoms with Crippen molar-refractivity contribution in [3.63, 3.8) is 0 Å². The summed E-state index contributed by atoms with van der Waals surface area (Å²) in [6.07, 6.45) is -0.0851. The van der Waals surface area contributed by atoms with E-state index in [-0.39, 0.29) is 6.54 Å². The Hall–Kier alpha value is -4.59. The number of hydrogen-bond acceptors (Lipinski definition) is 7. The van der Waals surface area contributed by atoms with Crippen LogP contribution in [0.25, 0.3) is 11.5 Å². The molecule has 1 unspecified atom stereocenters. The van der Waals surface area contributed by atoms with E-state index in [0.717, 1.165) is 28.1 Å². The normalized spacial score (nSPS) is 11.5. The molecule has 0 aliphatic heterocycles. The average molecular weight is 529 g/mol. The highest BCUT2D eigenvalue weighted by Gasteiger charge is 2.26. The highest BCUT2D eigenvalue weighted by Crippen LogP contribution is 2.26. The van der Waals surface area contributed by atoms with E-state index >= 15 is 0 Å². The van der Waals surface area contributed by atoms with Gasteiger partial charge < -0.3 is 18.6 Å². The first-order chi connectivity index (χ1) is 18.8. The topological polar surface area (TPSA) is 91.1 Å². The number of methoxy groups -OCH3 is 1. The van der Waals surface area contributed by atoms with E-state index in [1.165, 1.54) is 12.0 Å². The summed E-state index contributed by atoms with van der Waals surface area (Å²) in [5, 5.41) is 0. The lowest BCUT2D eigenvalue weighted by Gasteiger charge is -2.28. The minimum atomic E-state index is -0.654. The van der Waals surface area contributed by atoms with Crippen molar-refractivity contribution in [2.24, 2.45) is 0 Å². The number of rotatable bonds is 10. The molecule has 1 amide bonds. The van der Waals surface area contributed by atoms with E-state index in [9.17, 15) is 9.59 Å². The first-order valence-corrected chi connectivity index (χ1v) is 12.7. The molecule has 1 heterocycles. The fourth-order valence-electron chi connectivity index (χ4n) is 4.00. The number of aromatic nitrogens is 1. The highest BCUT2D eigenvalue weighted by atomic mass is 16.6. The molecular formula is C31H32N2O6. The maximum Gasteiger partial charge on any atom is 0.416 e. The lowest BCUT2D eigenvalue weighted by Crippen LogP contribution is -2.40. The molecule has 1 atom stereocenters. The predicted molar refractivity (Wildman–Crippen MR) is 147 cm³/mol. The van der Waals surface area contributed by atoms with Crippen molar-refractivity contribution in [2.45, 2.75) is 33.2 Å². The maximum absolute atomic E-state index is 13.1. The van der Waals surface area contributed by atoms with Crippen LogP contribution < -0.4 is 9.47 Å². The molecule has 0 spiro atoms. The van der Waals surface area contributed by atoms with Crippen LogP contribution in [0.5, 0.6) is 11.5 Å². The summed E-state index contributed by atoms with van der Waals surface area (Å²) < 4.78 is 22.2. The number of carbonyl (C=O) groups is 2. The number of hydrogen-bond donors (Lipinski definition) is 0. The molecule has 0 saturated carbocycles. The van der Waals surface area contributed by atoms with Gasteiger partial charge >= 0.3 is 12.1 Å². The van der Waals surface area contributed by atoms with Gasteiger partial charge in [0.15, 0.2) is 0 Å². The van der Waals surface area contributed by atoms with Crippen LogP contribution in [0.2, 0.25) is 0 Å². The molecule has 0 radical (unpaired) electrons. The molecule has 202 valence electrons. The third-order valence-corrected chi connectivity index (χ3v) is 6.32. The SMILES string of the molecule is COC(=O)CN(C(=O)Oc1ccc(C)cc1)C(C)c1cccc(OCCc2nc(-c3ccccc3)oc2C)c1.